The molecular weight excluding hydrogens is 190 g/mol. The zero-order valence-electron chi connectivity index (χ0n) is 5.39. The standard InChI is InChI=1S/C7H5Cl2FO/c8-7(9,10)5-2-1-3-6(11)4-5/h1-4,11H. The SMILES string of the molecule is Oc1cccc(C(F)(Cl)Cl)c1. The number of phenols is 1. The van der Waals surface area contributed by atoms with Crippen molar-refractivity contribution in [1.82, 2.24) is 0 Å². The van der Waals surface area contributed by atoms with Crippen LogP contribution in [0.5, 0.6) is 5.75 Å². The summed E-state index contributed by atoms with van der Waals surface area (Å²) in [7, 11) is 0. The Morgan fingerprint density at radius 2 is 2.00 bits per heavy atom. The lowest BCUT2D eigenvalue weighted by Gasteiger charge is -2.08. The number of alkyl halides is 3. The second-order valence-corrected chi connectivity index (χ2v) is 3.28. The fourth-order valence-corrected chi connectivity index (χ4v) is 0.917. The molecule has 0 bridgehead atoms. The molecule has 0 saturated carbocycles. The Kier molecular flexibility index (Phi) is 2.25. The van der Waals surface area contributed by atoms with Gasteiger partial charge in [0, 0.05) is 5.56 Å². The van der Waals surface area contributed by atoms with Gasteiger partial charge in [-0.2, -0.15) is 0 Å². The third kappa shape index (κ3) is 2.24. The van der Waals surface area contributed by atoms with E-state index in [1.807, 2.05) is 0 Å². The minimum Gasteiger partial charge on any atom is -0.508 e. The number of hydrogen-bond donors (Lipinski definition) is 1. The molecule has 0 unspecified atom stereocenters. The van der Waals surface area contributed by atoms with Crippen LogP contribution in [0.15, 0.2) is 24.3 Å². The fraction of sp³-hybridized carbons (Fsp3) is 0.143. The molecule has 1 aromatic rings. The van der Waals surface area contributed by atoms with E-state index in [2.05, 4.69) is 0 Å². The molecule has 0 spiro atoms. The van der Waals surface area contributed by atoms with Crippen molar-refractivity contribution < 1.29 is 9.50 Å². The Labute approximate surface area is 73.4 Å². The minimum absolute atomic E-state index is 0.0285. The molecule has 4 heteroatoms. The topological polar surface area (TPSA) is 20.2 Å². The summed E-state index contributed by atoms with van der Waals surface area (Å²) in [6, 6.07) is 5.42. The molecule has 0 saturated heterocycles. The van der Waals surface area contributed by atoms with E-state index < -0.39 is 4.59 Å². The van der Waals surface area contributed by atoms with Crippen molar-refractivity contribution in [3.05, 3.63) is 29.8 Å². The summed E-state index contributed by atoms with van der Waals surface area (Å²) in [5, 5.41) is 8.89. The first-order chi connectivity index (χ1) is 5.00. The molecule has 1 aromatic carbocycles. The highest BCUT2D eigenvalue weighted by Gasteiger charge is 2.24. The average Bonchev–Trinajstić information content (AvgIpc) is 1.86. The van der Waals surface area contributed by atoms with Gasteiger partial charge in [0.2, 0.25) is 0 Å². The minimum atomic E-state index is -2.43. The average molecular weight is 195 g/mol. The summed E-state index contributed by atoms with van der Waals surface area (Å²) < 4.78 is 10.3. The summed E-state index contributed by atoms with van der Waals surface area (Å²) in [6.07, 6.45) is 0. The lowest BCUT2D eigenvalue weighted by molar-refractivity contribution is 0.401. The quantitative estimate of drug-likeness (QED) is 0.683. The van der Waals surface area contributed by atoms with Crippen LogP contribution in [0.2, 0.25) is 0 Å². The van der Waals surface area contributed by atoms with Crippen LogP contribution in [0.3, 0.4) is 0 Å². The molecule has 0 heterocycles. The van der Waals surface area contributed by atoms with Crippen LogP contribution in [-0.4, -0.2) is 5.11 Å². The molecule has 0 aliphatic carbocycles. The van der Waals surface area contributed by atoms with Gasteiger partial charge in [0.05, 0.1) is 0 Å². The summed E-state index contributed by atoms with van der Waals surface area (Å²) in [5.41, 5.74) is 0.0285. The predicted octanol–water partition coefficient (Wildman–Crippen LogP) is 2.95. The van der Waals surface area contributed by atoms with Crippen molar-refractivity contribution in [2.24, 2.45) is 0 Å². The molecule has 0 fully saturated rings. The molecular formula is C7H5Cl2FO. The van der Waals surface area contributed by atoms with Crippen molar-refractivity contribution in [2.75, 3.05) is 0 Å². The molecule has 1 rings (SSSR count). The fourth-order valence-electron chi connectivity index (χ4n) is 0.682. The lowest BCUT2D eigenvalue weighted by atomic mass is 10.2. The van der Waals surface area contributed by atoms with Gasteiger partial charge in [-0.1, -0.05) is 35.3 Å². The summed E-state index contributed by atoms with van der Waals surface area (Å²) in [6.45, 7) is 0. The Morgan fingerprint density at radius 1 is 1.36 bits per heavy atom. The van der Waals surface area contributed by atoms with Crippen LogP contribution in [-0.2, 0) is 4.59 Å². The first-order valence-electron chi connectivity index (χ1n) is 2.86. The molecule has 0 aromatic heterocycles. The van der Waals surface area contributed by atoms with Crippen molar-refractivity contribution in [2.45, 2.75) is 4.59 Å². The molecule has 0 atom stereocenters. The zero-order chi connectivity index (χ0) is 8.48. The summed E-state index contributed by atoms with van der Waals surface area (Å²) in [5.74, 6) is -0.0641. The van der Waals surface area contributed by atoms with Gasteiger partial charge in [-0.15, -0.1) is 0 Å². The van der Waals surface area contributed by atoms with Gasteiger partial charge in [0.1, 0.15) is 5.75 Å². The molecule has 0 amide bonds. The van der Waals surface area contributed by atoms with Gasteiger partial charge in [0.25, 0.3) is 4.59 Å². The van der Waals surface area contributed by atoms with E-state index in [4.69, 9.17) is 28.3 Å². The maximum Gasteiger partial charge on any atom is 0.283 e. The van der Waals surface area contributed by atoms with Crippen molar-refractivity contribution in [3.63, 3.8) is 0 Å². The number of phenolic OH excluding ortho intramolecular Hbond substituents is 1. The van der Waals surface area contributed by atoms with Gasteiger partial charge < -0.3 is 5.11 Å². The first-order valence-corrected chi connectivity index (χ1v) is 3.62. The van der Waals surface area contributed by atoms with Gasteiger partial charge in [-0.3, -0.25) is 0 Å². The van der Waals surface area contributed by atoms with Crippen LogP contribution >= 0.6 is 23.2 Å². The highest BCUT2D eigenvalue weighted by molar-refractivity contribution is 6.46. The molecule has 11 heavy (non-hydrogen) atoms. The van der Waals surface area contributed by atoms with E-state index in [1.54, 1.807) is 0 Å². The van der Waals surface area contributed by atoms with E-state index in [-0.39, 0.29) is 11.3 Å². The Hall–Kier alpha value is -0.470. The van der Waals surface area contributed by atoms with Crippen LogP contribution in [0.4, 0.5) is 4.39 Å². The number of benzene rings is 1. The van der Waals surface area contributed by atoms with Crippen molar-refractivity contribution in [3.8, 4) is 5.75 Å². The van der Waals surface area contributed by atoms with Crippen LogP contribution in [0.1, 0.15) is 5.56 Å². The molecule has 1 nitrogen and oxygen atoms in total. The van der Waals surface area contributed by atoms with Gasteiger partial charge in [-0.05, 0) is 12.1 Å². The lowest BCUT2D eigenvalue weighted by Crippen LogP contribution is -2.00. The monoisotopic (exact) mass is 194 g/mol. The zero-order valence-corrected chi connectivity index (χ0v) is 6.90. The van der Waals surface area contributed by atoms with Crippen LogP contribution in [0.25, 0.3) is 0 Å². The van der Waals surface area contributed by atoms with E-state index in [1.165, 1.54) is 24.3 Å². The number of hydrogen-bond acceptors (Lipinski definition) is 1. The summed E-state index contributed by atoms with van der Waals surface area (Å²) >= 11 is 10.2. The highest BCUT2D eigenvalue weighted by atomic mass is 35.5. The first kappa shape index (κ1) is 8.62. The maximum atomic E-state index is 12.7. The number of halogens is 3. The largest absolute Gasteiger partial charge is 0.508 e. The Bertz CT molecular complexity index is 257. The van der Waals surface area contributed by atoms with E-state index in [0.29, 0.717) is 0 Å². The second-order valence-electron chi connectivity index (χ2n) is 2.05. The Morgan fingerprint density at radius 3 is 2.36 bits per heavy atom. The smallest absolute Gasteiger partial charge is 0.283 e. The van der Waals surface area contributed by atoms with Gasteiger partial charge in [-0.25, -0.2) is 4.39 Å². The number of aromatic hydroxyl groups is 1. The molecule has 0 aliphatic heterocycles. The molecule has 0 aliphatic rings. The third-order valence-electron chi connectivity index (χ3n) is 1.17. The molecule has 0 radical (unpaired) electrons. The normalized spacial score (nSPS) is 11.5. The maximum absolute atomic E-state index is 12.7. The number of rotatable bonds is 1. The van der Waals surface area contributed by atoms with Gasteiger partial charge in [0.15, 0.2) is 0 Å². The second kappa shape index (κ2) is 2.88. The van der Waals surface area contributed by atoms with Crippen LogP contribution < -0.4 is 0 Å². The van der Waals surface area contributed by atoms with Gasteiger partial charge >= 0.3 is 0 Å². The van der Waals surface area contributed by atoms with E-state index in [0.717, 1.165) is 0 Å². The van der Waals surface area contributed by atoms with E-state index in [9.17, 15) is 4.39 Å². The highest BCUT2D eigenvalue weighted by Crippen LogP contribution is 2.36. The molecule has 60 valence electrons. The van der Waals surface area contributed by atoms with E-state index >= 15 is 0 Å². The van der Waals surface area contributed by atoms with Crippen LogP contribution in [0, 0.1) is 0 Å². The summed E-state index contributed by atoms with van der Waals surface area (Å²) in [4.78, 5) is 0. The van der Waals surface area contributed by atoms with Crippen molar-refractivity contribution in [1.29, 1.82) is 0 Å². The Balaban J connectivity index is 3.06. The third-order valence-corrected chi connectivity index (χ3v) is 1.61. The van der Waals surface area contributed by atoms with Crippen molar-refractivity contribution >= 4 is 23.2 Å². The predicted molar refractivity (Wildman–Crippen MR) is 42.6 cm³/mol. The molecule has 1 N–H and O–H groups in total.